The smallest absolute Gasteiger partial charge is 0.394 e. The molecule has 0 unspecified atom stereocenters. The van der Waals surface area contributed by atoms with Crippen LogP contribution in [0.25, 0.3) is 0 Å². The largest absolute Gasteiger partial charge is 0.490 e. The van der Waals surface area contributed by atoms with Crippen LogP contribution in [-0.2, 0) is 31.8 Å². The Morgan fingerprint density at radius 1 is 1.16 bits per heavy atom. The zero-order valence-corrected chi connectivity index (χ0v) is 18.1. The molecule has 1 aliphatic rings. The van der Waals surface area contributed by atoms with Crippen LogP contribution < -0.4 is 11.4 Å². The van der Waals surface area contributed by atoms with Crippen LogP contribution in [0.5, 0.6) is 0 Å². The van der Waals surface area contributed by atoms with E-state index in [9.17, 15) is 23.6 Å². The summed E-state index contributed by atoms with van der Waals surface area (Å²) in [6.45, 7) is -0.366. The predicted molar refractivity (Wildman–Crippen MR) is 96.8 cm³/mol. The van der Waals surface area contributed by atoms with Crippen molar-refractivity contribution in [2.24, 2.45) is 0 Å². The van der Waals surface area contributed by atoms with Crippen molar-refractivity contribution in [3.05, 3.63) is 22.7 Å². The van der Waals surface area contributed by atoms with Gasteiger partial charge in [-0.2, -0.15) is 13.6 Å². The van der Waals surface area contributed by atoms with Gasteiger partial charge in [0, 0.05) is 13.3 Å². The lowest BCUT2D eigenvalue weighted by atomic mass is 10.1. The molecule has 1 aromatic rings. The van der Waals surface area contributed by atoms with Crippen molar-refractivity contribution in [3.8, 4) is 0 Å². The summed E-state index contributed by atoms with van der Waals surface area (Å²) in [7, 11) is -14.8. The van der Waals surface area contributed by atoms with Crippen molar-refractivity contribution in [3.63, 3.8) is 0 Å². The standard InChI is InChI=1S/C10H15N3O5.H5O10P3/c1-17-8-7(15)5(4-14)18-9(8)13-3-2-6(11)12-10(13)16;1-11(2,3)9-13(7,8)10-12(4,5)6/h2-3,5,7-9,14-15H,4H2,1H3,(H2,11,12,16);(H,7,8)(H2,1,2,3)(H2,4,5,6)/t5-,7-,8-,9-;/m1./s1. The summed E-state index contributed by atoms with van der Waals surface area (Å²) in [5.41, 5.74) is 4.78. The molecule has 18 nitrogen and oxygen atoms in total. The van der Waals surface area contributed by atoms with Crippen LogP contribution in [0.15, 0.2) is 17.1 Å². The Morgan fingerprint density at radius 3 is 2.06 bits per heavy atom. The number of rotatable bonds is 7. The fourth-order valence-corrected chi connectivity index (χ4v) is 4.79. The molecule has 0 amide bonds. The molecule has 0 spiro atoms. The van der Waals surface area contributed by atoms with E-state index in [0.717, 1.165) is 0 Å². The molecule has 0 aromatic carbocycles. The molecule has 2 rings (SSSR count). The number of hydrogen-bond acceptors (Lipinski definition) is 12. The highest BCUT2D eigenvalue weighted by molar-refractivity contribution is 7.66. The summed E-state index contributed by atoms with van der Waals surface area (Å²) >= 11 is 0. The van der Waals surface area contributed by atoms with Gasteiger partial charge in [-0.15, -0.1) is 0 Å². The van der Waals surface area contributed by atoms with Gasteiger partial charge in [-0.25, -0.2) is 18.5 Å². The number of aliphatic hydroxyl groups is 2. The van der Waals surface area contributed by atoms with Gasteiger partial charge in [-0.3, -0.25) is 4.57 Å². The van der Waals surface area contributed by atoms with Gasteiger partial charge in [0.25, 0.3) is 0 Å². The molecule has 1 aromatic heterocycles. The number of phosphoric acid groups is 3. The first kappa shape index (κ1) is 28.0. The minimum absolute atomic E-state index is 0.0995. The average Bonchev–Trinajstić information content (AvgIpc) is 2.86. The van der Waals surface area contributed by atoms with Crippen molar-refractivity contribution in [1.29, 1.82) is 0 Å². The molecule has 4 atom stereocenters. The lowest BCUT2D eigenvalue weighted by molar-refractivity contribution is -0.0624. The van der Waals surface area contributed by atoms with Crippen molar-refractivity contribution in [2.45, 2.75) is 24.5 Å². The Labute approximate surface area is 172 Å². The summed E-state index contributed by atoms with van der Waals surface area (Å²) in [4.78, 5) is 55.5. The predicted octanol–water partition coefficient (Wildman–Crippen LogP) is -2.60. The van der Waals surface area contributed by atoms with Crippen molar-refractivity contribution >= 4 is 29.3 Å². The molecule has 0 bridgehead atoms. The molecule has 1 aliphatic heterocycles. The SMILES string of the molecule is CO[C@@H]1[C@H](O)[C@@H](CO)O[C@H]1n1ccc(N)nc1=O.O=P(O)(O)OP(=O)(O)OP(=O)(O)O. The number of aromatic nitrogens is 2. The molecular formula is C10H20N3O15P3. The second-order valence-corrected chi connectivity index (χ2v) is 9.80. The monoisotopic (exact) mass is 515 g/mol. The number of ether oxygens (including phenoxy) is 2. The molecular weight excluding hydrogens is 495 g/mol. The number of hydrogen-bond donors (Lipinski definition) is 8. The van der Waals surface area contributed by atoms with E-state index in [1.807, 2.05) is 0 Å². The Kier molecular flexibility index (Phi) is 9.65. The van der Waals surface area contributed by atoms with Gasteiger partial charge in [-0.05, 0) is 6.07 Å². The first-order valence-electron chi connectivity index (χ1n) is 7.68. The highest BCUT2D eigenvalue weighted by Crippen LogP contribution is 2.64. The topological polar surface area (TPSA) is 291 Å². The average molecular weight is 515 g/mol. The minimum Gasteiger partial charge on any atom is -0.394 e. The van der Waals surface area contributed by atoms with Crippen LogP contribution in [0.1, 0.15) is 6.23 Å². The fourth-order valence-electron chi connectivity index (χ4n) is 2.25. The van der Waals surface area contributed by atoms with E-state index >= 15 is 0 Å². The maximum Gasteiger partial charge on any atom is 0.490 e. The third-order valence-electron chi connectivity index (χ3n) is 3.31. The molecule has 1 saturated heterocycles. The van der Waals surface area contributed by atoms with Crippen LogP contribution in [0, 0.1) is 0 Å². The molecule has 1 fully saturated rings. The molecule has 2 heterocycles. The zero-order valence-electron chi connectivity index (χ0n) is 15.4. The number of nitrogen functional groups attached to an aromatic ring is 1. The Morgan fingerprint density at radius 2 is 1.68 bits per heavy atom. The Bertz CT molecular complexity index is 914. The second-order valence-electron chi connectivity index (χ2n) is 5.59. The minimum atomic E-state index is -5.46. The summed E-state index contributed by atoms with van der Waals surface area (Å²) < 4.78 is 48.0. The van der Waals surface area contributed by atoms with Crippen LogP contribution in [0.3, 0.4) is 0 Å². The lowest BCUT2D eigenvalue weighted by Crippen LogP contribution is -2.37. The van der Waals surface area contributed by atoms with E-state index in [1.165, 1.54) is 23.9 Å². The third kappa shape index (κ3) is 9.13. The van der Waals surface area contributed by atoms with Crippen molar-refractivity contribution in [1.82, 2.24) is 9.55 Å². The fraction of sp³-hybridized carbons (Fsp3) is 0.600. The summed E-state index contributed by atoms with van der Waals surface area (Å²) in [5, 5.41) is 18.9. The molecule has 21 heteroatoms. The Balaban J connectivity index is 0.000000330. The molecule has 31 heavy (non-hydrogen) atoms. The highest BCUT2D eigenvalue weighted by Gasteiger charge is 2.45. The molecule has 0 radical (unpaired) electrons. The first-order chi connectivity index (χ1) is 14.0. The van der Waals surface area contributed by atoms with Crippen LogP contribution in [-0.4, -0.2) is 76.3 Å². The maximum absolute atomic E-state index is 11.7. The molecule has 180 valence electrons. The zero-order chi connectivity index (χ0) is 24.2. The van der Waals surface area contributed by atoms with E-state index < -0.39 is 53.7 Å². The second kappa shape index (κ2) is 10.7. The summed E-state index contributed by atoms with van der Waals surface area (Å²) in [6, 6.07) is 1.44. The van der Waals surface area contributed by atoms with Gasteiger partial charge < -0.3 is 49.9 Å². The van der Waals surface area contributed by atoms with Crippen LogP contribution in [0.4, 0.5) is 5.82 Å². The van der Waals surface area contributed by atoms with Crippen molar-refractivity contribution in [2.75, 3.05) is 19.5 Å². The Hall–Kier alpha value is -1.07. The normalized spacial score (nSPS) is 24.5. The van der Waals surface area contributed by atoms with Gasteiger partial charge >= 0.3 is 29.2 Å². The van der Waals surface area contributed by atoms with Crippen LogP contribution in [0.2, 0.25) is 0 Å². The highest BCUT2D eigenvalue weighted by atomic mass is 31.3. The number of methoxy groups -OCH3 is 1. The van der Waals surface area contributed by atoms with Gasteiger partial charge in [0.1, 0.15) is 24.1 Å². The van der Waals surface area contributed by atoms with Gasteiger partial charge in [0.05, 0.1) is 6.61 Å². The van der Waals surface area contributed by atoms with Gasteiger partial charge in [0.2, 0.25) is 0 Å². The quantitative estimate of drug-likeness (QED) is 0.173. The third-order valence-corrected chi connectivity index (χ3v) is 6.66. The van der Waals surface area contributed by atoms with E-state index in [1.54, 1.807) is 0 Å². The number of nitrogens with zero attached hydrogens (tertiary/aromatic N) is 2. The first-order valence-corrected chi connectivity index (χ1v) is 12.2. The maximum atomic E-state index is 11.7. The van der Waals surface area contributed by atoms with E-state index in [4.69, 9.17) is 44.8 Å². The molecule has 9 N–H and O–H groups in total. The number of anilines is 1. The van der Waals surface area contributed by atoms with Crippen molar-refractivity contribution < 1.29 is 66.5 Å². The van der Waals surface area contributed by atoms with E-state index in [0.29, 0.717) is 0 Å². The molecule has 0 saturated carbocycles. The van der Waals surface area contributed by atoms with Gasteiger partial charge in [-0.1, -0.05) is 0 Å². The van der Waals surface area contributed by atoms with E-state index in [2.05, 4.69) is 13.6 Å². The summed E-state index contributed by atoms with van der Waals surface area (Å²) in [5.74, 6) is 0.0995. The number of nitrogens with two attached hydrogens (primary N) is 1. The molecule has 0 aliphatic carbocycles. The summed E-state index contributed by atoms with van der Waals surface area (Å²) in [6.07, 6.45) is -2.01. The van der Waals surface area contributed by atoms with E-state index in [-0.39, 0.29) is 12.4 Å². The lowest BCUT2D eigenvalue weighted by Gasteiger charge is -2.20. The van der Waals surface area contributed by atoms with Crippen LogP contribution >= 0.6 is 23.5 Å². The number of aliphatic hydroxyl groups excluding tert-OH is 2. The van der Waals surface area contributed by atoms with Gasteiger partial charge in [0.15, 0.2) is 6.23 Å².